The number of hydrogen-bond donors (Lipinski definition) is 1. The first kappa shape index (κ1) is 39.8. The van der Waals surface area contributed by atoms with Gasteiger partial charge in [-0.2, -0.15) is 0 Å². The first-order chi connectivity index (χ1) is 24.5. The van der Waals surface area contributed by atoms with Crippen molar-refractivity contribution >= 4 is 30.9 Å². The summed E-state index contributed by atoms with van der Waals surface area (Å²) in [6.07, 6.45) is 17.6. The second-order valence-corrected chi connectivity index (χ2v) is 15.6. The first-order valence-electron chi connectivity index (χ1n) is 18.7. The zero-order chi connectivity index (χ0) is 35.4. The fourth-order valence-electron chi connectivity index (χ4n) is 5.73. The third kappa shape index (κ3) is 13.3. The van der Waals surface area contributed by atoms with Crippen LogP contribution in [0, 0.1) is 11.8 Å². The van der Waals surface area contributed by atoms with Gasteiger partial charge in [0.15, 0.2) is 5.06 Å². The molecule has 5 nitrogen and oxygen atoms in total. The molecule has 2 aromatic heterocycles. The molecule has 1 atom stereocenters. The Hall–Kier alpha value is -3.01. The van der Waals surface area contributed by atoms with Crippen molar-refractivity contribution in [2.24, 2.45) is 0 Å². The lowest BCUT2D eigenvalue weighted by Gasteiger charge is -2.17. The van der Waals surface area contributed by atoms with E-state index in [9.17, 15) is 9.46 Å². The number of hydrogen-bond acceptors (Lipinski definition) is 6. The zero-order valence-corrected chi connectivity index (χ0v) is 32.8. The topological polar surface area (TPSA) is 65.0 Å². The molecule has 50 heavy (non-hydrogen) atoms. The monoisotopic (exact) mass is 734 g/mol. The van der Waals surface area contributed by atoms with Crippen LogP contribution in [0.4, 0.5) is 0 Å². The molecule has 0 saturated heterocycles. The Morgan fingerprint density at radius 3 is 1.74 bits per heavy atom. The third-order valence-corrected chi connectivity index (χ3v) is 11.3. The van der Waals surface area contributed by atoms with Crippen LogP contribution in [0.1, 0.15) is 123 Å². The SMILES string of the molecule is CCCCCCCCC#Cc1ccc(-c2ccc(-c3cc(OCCCCCC)c(-c4ccc(O[PH](=O)O)s4)cc3OCCCCCC)s2)cc1. The highest BCUT2D eigenvalue weighted by molar-refractivity contribution is 7.33. The standard InChI is InChI=1S/C42H55O5PS2/c1-4-7-10-13-14-15-16-17-20-33-21-23-34(24-22-33)39-25-26-40(49-39)35-31-38(46-30-19-12-9-6-3)36(32-37(35)45-29-18-11-8-5-2)41-27-28-42(50-41)47-48(43)44/h21-28,31-32,48H,4-16,18-19,29-30H2,1-3H3,(H,43,44). The second kappa shape index (κ2) is 22.7. The molecule has 0 radical (unpaired) electrons. The molecule has 1 N–H and O–H groups in total. The van der Waals surface area contributed by atoms with Crippen LogP contribution in [-0.4, -0.2) is 18.1 Å². The van der Waals surface area contributed by atoms with Crippen LogP contribution < -0.4 is 14.0 Å². The summed E-state index contributed by atoms with van der Waals surface area (Å²) in [6.45, 7) is 7.93. The lowest BCUT2D eigenvalue weighted by atomic mass is 10.1. The largest absolute Gasteiger partial charge is 0.493 e. The Morgan fingerprint density at radius 2 is 1.14 bits per heavy atom. The van der Waals surface area contributed by atoms with E-state index in [1.165, 1.54) is 86.0 Å². The van der Waals surface area contributed by atoms with Crippen molar-refractivity contribution in [1.29, 1.82) is 0 Å². The van der Waals surface area contributed by atoms with Crippen LogP contribution in [0.2, 0.25) is 0 Å². The summed E-state index contributed by atoms with van der Waals surface area (Å²) in [7, 11) is -3.09. The van der Waals surface area contributed by atoms with Gasteiger partial charge in [-0.15, -0.1) is 11.3 Å². The van der Waals surface area contributed by atoms with E-state index in [1.54, 1.807) is 17.4 Å². The summed E-state index contributed by atoms with van der Waals surface area (Å²) in [5.74, 6) is 8.30. The third-order valence-electron chi connectivity index (χ3n) is 8.56. The molecule has 0 bridgehead atoms. The fraction of sp³-hybridized carbons (Fsp3) is 0.476. The van der Waals surface area contributed by atoms with E-state index >= 15 is 0 Å². The molecular formula is C42H55O5PS2. The molecule has 270 valence electrons. The minimum absolute atomic E-state index is 0.407. The summed E-state index contributed by atoms with van der Waals surface area (Å²) < 4.78 is 29.5. The van der Waals surface area contributed by atoms with Crippen molar-refractivity contribution in [3.63, 3.8) is 0 Å². The maximum absolute atomic E-state index is 11.4. The minimum Gasteiger partial charge on any atom is -0.493 e. The lowest BCUT2D eigenvalue weighted by Crippen LogP contribution is -2.02. The van der Waals surface area contributed by atoms with E-state index in [-0.39, 0.29) is 0 Å². The van der Waals surface area contributed by atoms with E-state index in [2.05, 4.69) is 81.1 Å². The van der Waals surface area contributed by atoms with Gasteiger partial charge in [-0.05, 0) is 73.4 Å². The molecule has 0 aliphatic heterocycles. The van der Waals surface area contributed by atoms with E-state index in [0.717, 1.165) is 70.0 Å². The van der Waals surface area contributed by atoms with Crippen LogP contribution in [0.15, 0.2) is 60.7 Å². The van der Waals surface area contributed by atoms with Crippen molar-refractivity contribution < 1.29 is 23.5 Å². The highest BCUT2D eigenvalue weighted by Gasteiger charge is 2.19. The first-order valence-corrected chi connectivity index (χ1v) is 21.6. The molecule has 0 fully saturated rings. The molecule has 8 heteroatoms. The predicted molar refractivity (Wildman–Crippen MR) is 214 cm³/mol. The van der Waals surface area contributed by atoms with Crippen LogP contribution in [-0.2, 0) is 4.57 Å². The summed E-state index contributed by atoms with van der Waals surface area (Å²) in [5, 5.41) is 0.407. The van der Waals surface area contributed by atoms with Gasteiger partial charge >= 0.3 is 8.25 Å². The number of ether oxygens (including phenoxy) is 2. The molecule has 0 aliphatic rings. The predicted octanol–water partition coefficient (Wildman–Crippen LogP) is 13.6. The van der Waals surface area contributed by atoms with Gasteiger partial charge in [-0.25, -0.2) is 4.57 Å². The molecule has 2 heterocycles. The van der Waals surface area contributed by atoms with Gasteiger partial charge in [0.05, 0.1) is 13.2 Å². The summed E-state index contributed by atoms with van der Waals surface area (Å²) in [5.41, 5.74) is 4.13. The Bertz CT molecular complexity index is 1650. The van der Waals surface area contributed by atoms with Gasteiger partial charge in [-0.3, -0.25) is 0 Å². The van der Waals surface area contributed by atoms with E-state index < -0.39 is 8.25 Å². The Kier molecular flexibility index (Phi) is 18.1. The summed E-state index contributed by atoms with van der Waals surface area (Å²) >= 11 is 3.08. The van der Waals surface area contributed by atoms with Crippen LogP contribution in [0.5, 0.6) is 16.6 Å². The lowest BCUT2D eigenvalue weighted by molar-refractivity contribution is 0.299. The Morgan fingerprint density at radius 1 is 0.620 bits per heavy atom. The maximum Gasteiger partial charge on any atom is 0.365 e. The highest BCUT2D eigenvalue weighted by atomic mass is 32.1. The number of unbranched alkanes of at least 4 members (excludes halogenated alkanes) is 12. The molecule has 0 spiro atoms. The normalized spacial score (nSPS) is 11.6. The van der Waals surface area contributed by atoms with Crippen molar-refractivity contribution in [3.05, 3.63) is 66.2 Å². The molecule has 0 amide bonds. The van der Waals surface area contributed by atoms with Crippen molar-refractivity contribution in [3.8, 4) is 59.7 Å². The zero-order valence-electron chi connectivity index (χ0n) is 30.2. The van der Waals surface area contributed by atoms with Gasteiger partial charge in [-0.1, -0.05) is 127 Å². The van der Waals surface area contributed by atoms with Crippen molar-refractivity contribution in [1.82, 2.24) is 0 Å². The van der Waals surface area contributed by atoms with Gasteiger partial charge < -0.3 is 18.9 Å². The van der Waals surface area contributed by atoms with Crippen LogP contribution in [0.25, 0.3) is 31.3 Å². The molecular weight excluding hydrogens is 680 g/mol. The average molecular weight is 735 g/mol. The highest BCUT2D eigenvalue weighted by Crippen LogP contribution is 2.47. The number of rotatable bonds is 23. The van der Waals surface area contributed by atoms with E-state index in [4.69, 9.17) is 14.0 Å². The van der Waals surface area contributed by atoms with E-state index in [1.807, 2.05) is 6.07 Å². The Balaban J connectivity index is 1.58. The fourth-order valence-corrected chi connectivity index (χ4v) is 8.14. The minimum atomic E-state index is -3.09. The number of benzene rings is 2. The smallest absolute Gasteiger partial charge is 0.365 e. The van der Waals surface area contributed by atoms with Crippen LogP contribution >= 0.6 is 30.9 Å². The Labute approximate surface area is 309 Å². The molecule has 1 unspecified atom stereocenters. The van der Waals surface area contributed by atoms with Crippen molar-refractivity contribution in [2.45, 2.75) is 117 Å². The quantitative estimate of drug-likeness (QED) is 0.0467. The number of thiophene rings is 2. The molecule has 2 aromatic carbocycles. The average Bonchev–Trinajstić information content (AvgIpc) is 3.80. The summed E-state index contributed by atoms with van der Waals surface area (Å²) in [6, 6.07) is 20.8. The van der Waals surface area contributed by atoms with E-state index in [0.29, 0.717) is 18.3 Å². The molecule has 4 rings (SSSR count). The molecule has 0 saturated carbocycles. The van der Waals surface area contributed by atoms with Gasteiger partial charge in [0.2, 0.25) is 0 Å². The van der Waals surface area contributed by atoms with Gasteiger partial charge in [0, 0.05) is 37.7 Å². The molecule has 0 aliphatic carbocycles. The van der Waals surface area contributed by atoms with Gasteiger partial charge in [0.1, 0.15) is 11.5 Å². The summed E-state index contributed by atoms with van der Waals surface area (Å²) in [4.78, 5) is 12.6. The second-order valence-electron chi connectivity index (χ2n) is 12.7. The molecule has 4 aromatic rings. The maximum atomic E-state index is 11.4. The van der Waals surface area contributed by atoms with Crippen LogP contribution in [0.3, 0.4) is 0 Å². The van der Waals surface area contributed by atoms with Crippen molar-refractivity contribution in [2.75, 3.05) is 13.2 Å². The van der Waals surface area contributed by atoms with Gasteiger partial charge in [0.25, 0.3) is 0 Å².